The normalized spacial score (nSPS) is 39.5. The van der Waals surface area contributed by atoms with Gasteiger partial charge in [0.05, 0.1) is 18.1 Å². The van der Waals surface area contributed by atoms with Crippen LogP contribution >= 0.6 is 0 Å². The number of nitrogens with one attached hydrogen (secondary N) is 1. The van der Waals surface area contributed by atoms with E-state index in [1.807, 2.05) is 0 Å². The molecule has 3 N–H and O–H groups in total. The molecule has 0 saturated carbocycles. The fourth-order valence-electron chi connectivity index (χ4n) is 1.16. The third kappa shape index (κ3) is 1.85. The van der Waals surface area contributed by atoms with Crippen molar-refractivity contribution >= 4 is 0 Å². The second-order valence-corrected chi connectivity index (χ2v) is 2.71. The largest absolute Gasteiger partial charge is 0.390 e. The molecule has 0 radical (unpaired) electrons. The molecular formula is C6H11F2NO2. The van der Waals surface area contributed by atoms with E-state index < -0.39 is 24.6 Å². The van der Waals surface area contributed by atoms with E-state index in [2.05, 4.69) is 5.32 Å². The number of rotatable bonds is 1. The Labute approximate surface area is 63.0 Å². The maximum atomic E-state index is 12.0. The molecule has 0 amide bonds. The van der Waals surface area contributed by atoms with Crippen LogP contribution < -0.4 is 5.32 Å². The number of hydrogen-bond donors (Lipinski definition) is 3. The average molecular weight is 167 g/mol. The molecule has 5 heteroatoms. The first-order valence-corrected chi connectivity index (χ1v) is 3.48. The average Bonchev–Trinajstić information content (AvgIpc) is 1.94. The molecule has 0 bridgehead atoms. The summed E-state index contributed by atoms with van der Waals surface area (Å²) in [6, 6.07) is 0. The molecule has 0 spiro atoms. The predicted molar refractivity (Wildman–Crippen MR) is 34.4 cm³/mol. The van der Waals surface area contributed by atoms with Gasteiger partial charge in [0, 0.05) is 13.1 Å². The van der Waals surface area contributed by atoms with Crippen molar-refractivity contribution in [2.24, 2.45) is 5.92 Å². The maximum Gasteiger partial charge on any atom is 0.245 e. The Hall–Kier alpha value is -0.260. The molecule has 0 aromatic carbocycles. The van der Waals surface area contributed by atoms with Gasteiger partial charge in [0.1, 0.15) is 0 Å². The number of alkyl halides is 2. The molecule has 11 heavy (non-hydrogen) atoms. The summed E-state index contributed by atoms with van der Waals surface area (Å²) in [4.78, 5) is 0. The molecule has 1 fully saturated rings. The second-order valence-electron chi connectivity index (χ2n) is 2.71. The van der Waals surface area contributed by atoms with E-state index >= 15 is 0 Å². The molecular weight excluding hydrogens is 156 g/mol. The zero-order chi connectivity index (χ0) is 8.43. The van der Waals surface area contributed by atoms with Crippen molar-refractivity contribution in [1.29, 1.82) is 0 Å². The molecule has 1 rings (SSSR count). The van der Waals surface area contributed by atoms with Gasteiger partial charge in [-0.05, 0) is 0 Å². The van der Waals surface area contributed by atoms with Crippen LogP contribution in [-0.2, 0) is 0 Å². The Balaban J connectivity index is 2.51. The van der Waals surface area contributed by atoms with E-state index in [1.165, 1.54) is 0 Å². The van der Waals surface area contributed by atoms with Crippen molar-refractivity contribution in [3.05, 3.63) is 0 Å². The highest BCUT2D eigenvalue weighted by Gasteiger charge is 2.36. The summed E-state index contributed by atoms with van der Waals surface area (Å²) >= 11 is 0. The summed E-state index contributed by atoms with van der Waals surface area (Å²) in [7, 11) is 0. The van der Waals surface area contributed by atoms with Crippen LogP contribution in [0, 0.1) is 5.92 Å². The minimum Gasteiger partial charge on any atom is -0.390 e. The van der Waals surface area contributed by atoms with Gasteiger partial charge in [0.15, 0.2) is 0 Å². The number of halogens is 2. The lowest BCUT2D eigenvalue weighted by Crippen LogP contribution is -2.52. The summed E-state index contributed by atoms with van der Waals surface area (Å²) in [6.07, 6.45) is -4.94. The molecule has 0 aliphatic carbocycles. The van der Waals surface area contributed by atoms with Crippen LogP contribution in [0.4, 0.5) is 8.78 Å². The van der Waals surface area contributed by atoms with Gasteiger partial charge in [-0.25, -0.2) is 8.78 Å². The number of β-amino-alcohol motifs (C(OH)–C–C–N with tert-alkyl or cyclic N) is 1. The standard InChI is InChI=1S/C6H11F2NO2/c7-6(8)3-1-9-2-4(10)5(3)11/h3-6,9-11H,1-2H2/t3?,4-,5-/m1/s1. The Kier molecular flexibility index (Phi) is 2.75. The van der Waals surface area contributed by atoms with Gasteiger partial charge in [-0.1, -0.05) is 0 Å². The van der Waals surface area contributed by atoms with Crippen LogP contribution in [0.1, 0.15) is 0 Å². The highest BCUT2D eigenvalue weighted by molar-refractivity contribution is 4.85. The Bertz CT molecular complexity index is 134. The number of hydrogen-bond acceptors (Lipinski definition) is 3. The molecule has 0 aromatic rings. The van der Waals surface area contributed by atoms with E-state index in [0.717, 1.165) is 0 Å². The Morgan fingerprint density at radius 3 is 2.36 bits per heavy atom. The lowest BCUT2D eigenvalue weighted by molar-refractivity contribution is -0.0841. The minimum atomic E-state index is -2.58. The van der Waals surface area contributed by atoms with Crippen LogP contribution in [0.5, 0.6) is 0 Å². The van der Waals surface area contributed by atoms with Crippen molar-refractivity contribution in [1.82, 2.24) is 5.32 Å². The smallest absolute Gasteiger partial charge is 0.245 e. The van der Waals surface area contributed by atoms with Crippen molar-refractivity contribution in [2.75, 3.05) is 13.1 Å². The van der Waals surface area contributed by atoms with Crippen LogP contribution in [0.3, 0.4) is 0 Å². The SMILES string of the molecule is O[C@@H]1CNCC(C(F)F)[C@H]1O. The molecule has 1 aliphatic rings. The minimum absolute atomic E-state index is 0.0654. The van der Waals surface area contributed by atoms with Crippen molar-refractivity contribution < 1.29 is 19.0 Å². The van der Waals surface area contributed by atoms with Crippen molar-refractivity contribution in [2.45, 2.75) is 18.6 Å². The highest BCUT2D eigenvalue weighted by Crippen LogP contribution is 2.18. The summed E-state index contributed by atoms with van der Waals surface area (Å²) < 4.78 is 24.1. The lowest BCUT2D eigenvalue weighted by atomic mass is 9.94. The van der Waals surface area contributed by atoms with Crippen LogP contribution in [-0.4, -0.2) is 41.9 Å². The van der Waals surface area contributed by atoms with Gasteiger partial charge in [0.2, 0.25) is 6.43 Å². The summed E-state index contributed by atoms with van der Waals surface area (Å²) in [5.41, 5.74) is 0. The molecule has 66 valence electrons. The van der Waals surface area contributed by atoms with Gasteiger partial charge in [-0.2, -0.15) is 0 Å². The van der Waals surface area contributed by atoms with E-state index in [0.29, 0.717) is 0 Å². The maximum absolute atomic E-state index is 12.0. The first kappa shape index (κ1) is 8.83. The van der Waals surface area contributed by atoms with Gasteiger partial charge in [0.25, 0.3) is 0 Å². The van der Waals surface area contributed by atoms with Gasteiger partial charge in [-0.3, -0.25) is 0 Å². The molecule has 3 nitrogen and oxygen atoms in total. The third-order valence-electron chi connectivity index (χ3n) is 1.89. The van der Waals surface area contributed by atoms with E-state index in [-0.39, 0.29) is 13.1 Å². The quantitative estimate of drug-likeness (QED) is 0.479. The molecule has 3 atom stereocenters. The molecule has 1 aliphatic heterocycles. The topological polar surface area (TPSA) is 52.5 Å². The zero-order valence-corrected chi connectivity index (χ0v) is 5.87. The first-order valence-electron chi connectivity index (χ1n) is 3.48. The summed E-state index contributed by atoms with van der Waals surface area (Å²) in [5.74, 6) is -1.14. The summed E-state index contributed by atoms with van der Waals surface area (Å²) in [6.45, 7) is 0.250. The lowest BCUT2D eigenvalue weighted by Gasteiger charge is -2.31. The zero-order valence-electron chi connectivity index (χ0n) is 5.87. The number of aliphatic hydroxyl groups excluding tert-OH is 2. The summed E-state index contributed by atoms with van der Waals surface area (Å²) in [5, 5.41) is 20.6. The van der Waals surface area contributed by atoms with Gasteiger partial charge >= 0.3 is 0 Å². The Morgan fingerprint density at radius 2 is 1.91 bits per heavy atom. The first-order chi connectivity index (χ1) is 5.13. The fraction of sp³-hybridized carbons (Fsp3) is 1.00. The molecule has 1 unspecified atom stereocenters. The monoisotopic (exact) mass is 167 g/mol. The van der Waals surface area contributed by atoms with Crippen molar-refractivity contribution in [3.8, 4) is 0 Å². The second kappa shape index (κ2) is 3.42. The van der Waals surface area contributed by atoms with Crippen molar-refractivity contribution in [3.63, 3.8) is 0 Å². The number of piperidine rings is 1. The van der Waals surface area contributed by atoms with E-state index in [9.17, 15) is 8.78 Å². The predicted octanol–water partition coefficient (Wildman–Crippen LogP) is -0.807. The van der Waals surface area contributed by atoms with E-state index in [1.54, 1.807) is 0 Å². The Morgan fingerprint density at radius 1 is 1.27 bits per heavy atom. The van der Waals surface area contributed by atoms with Gasteiger partial charge < -0.3 is 15.5 Å². The number of aliphatic hydroxyl groups is 2. The third-order valence-corrected chi connectivity index (χ3v) is 1.89. The molecule has 0 aromatic heterocycles. The van der Waals surface area contributed by atoms with Crippen LogP contribution in [0.15, 0.2) is 0 Å². The highest BCUT2D eigenvalue weighted by atomic mass is 19.3. The van der Waals surface area contributed by atoms with Crippen LogP contribution in [0.25, 0.3) is 0 Å². The van der Waals surface area contributed by atoms with Crippen LogP contribution in [0.2, 0.25) is 0 Å². The fourth-order valence-corrected chi connectivity index (χ4v) is 1.16. The van der Waals surface area contributed by atoms with E-state index in [4.69, 9.17) is 10.2 Å². The van der Waals surface area contributed by atoms with Gasteiger partial charge in [-0.15, -0.1) is 0 Å². The molecule has 1 saturated heterocycles. The molecule has 1 heterocycles.